The Bertz CT molecular complexity index is 1290. The van der Waals surface area contributed by atoms with E-state index in [1.54, 1.807) is 0 Å². The number of fused-ring (bicyclic) bond motifs is 1. The molecule has 0 amide bonds. The molecule has 15 nitrogen and oxygen atoms in total. The number of carboxylic acid groups (broad SMARTS) is 1. The van der Waals surface area contributed by atoms with E-state index in [4.69, 9.17) is 41.3 Å². The molecular formula is C27H38N4O11. The van der Waals surface area contributed by atoms with E-state index in [2.05, 4.69) is 4.99 Å². The normalized spacial score (nSPS) is 41.2. The maximum absolute atomic E-state index is 13.3. The van der Waals surface area contributed by atoms with Gasteiger partial charge in [0.25, 0.3) is 0 Å². The Kier molecular flexibility index (Phi) is 6.92. The number of esters is 3. The summed E-state index contributed by atoms with van der Waals surface area (Å²) < 4.78 is 22.9. The van der Waals surface area contributed by atoms with E-state index in [-0.39, 0.29) is 28.4 Å². The Hall–Kier alpha value is -3.27. The van der Waals surface area contributed by atoms with Crippen LogP contribution in [0.2, 0.25) is 0 Å². The van der Waals surface area contributed by atoms with Gasteiger partial charge in [-0.3, -0.25) is 9.79 Å². The van der Waals surface area contributed by atoms with E-state index in [0.717, 1.165) is 0 Å². The summed E-state index contributed by atoms with van der Waals surface area (Å²) in [4.78, 5) is 52.0. The Morgan fingerprint density at radius 2 is 1.81 bits per heavy atom. The average molecular weight is 595 g/mol. The molecule has 0 aromatic heterocycles. The molecular weight excluding hydrogens is 556 g/mol. The molecule has 2 spiro atoms. The molecule has 232 valence electrons. The van der Waals surface area contributed by atoms with Gasteiger partial charge in [0.2, 0.25) is 11.9 Å². The van der Waals surface area contributed by atoms with Crippen molar-refractivity contribution in [1.29, 1.82) is 0 Å². The van der Waals surface area contributed by atoms with Gasteiger partial charge in [0.1, 0.15) is 18.2 Å². The number of aliphatic carboxylic acids is 1. The van der Waals surface area contributed by atoms with E-state index < -0.39 is 77.1 Å². The van der Waals surface area contributed by atoms with Crippen LogP contribution in [0, 0.1) is 22.2 Å². The van der Waals surface area contributed by atoms with Crippen molar-refractivity contribution in [1.82, 2.24) is 0 Å². The van der Waals surface area contributed by atoms with Gasteiger partial charge in [-0.05, 0) is 43.9 Å². The number of carboxylic acids is 1. The highest BCUT2D eigenvalue weighted by molar-refractivity contribution is 6.00. The smallest absolute Gasteiger partial charge is 0.344 e. The third-order valence-corrected chi connectivity index (χ3v) is 9.60. The molecule has 3 saturated heterocycles. The number of hydrogen-bond acceptors (Lipinski definition) is 12. The molecule has 0 radical (unpaired) electrons. The summed E-state index contributed by atoms with van der Waals surface area (Å²) in [5, 5.41) is 31.2. The molecule has 42 heavy (non-hydrogen) atoms. The third-order valence-electron chi connectivity index (χ3n) is 9.60. The van der Waals surface area contributed by atoms with Crippen LogP contribution >= 0.6 is 0 Å². The molecule has 0 bridgehead atoms. The molecule has 6 rings (SSSR count). The summed E-state index contributed by atoms with van der Waals surface area (Å²) in [5.41, 5.74) is 10.9. The molecule has 2 saturated carbocycles. The van der Waals surface area contributed by atoms with Crippen molar-refractivity contribution in [2.24, 2.45) is 44.4 Å². The second-order valence-corrected chi connectivity index (χ2v) is 13.1. The minimum Gasteiger partial charge on any atom is -0.480 e. The lowest BCUT2D eigenvalue weighted by atomic mass is 9.53. The van der Waals surface area contributed by atoms with E-state index >= 15 is 0 Å². The zero-order valence-corrected chi connectivity index (χ0v) is 23.9. The van der Waals surface area contributed by atoms with E-state index in [1.165, 1.54) is 6.92 Å². The number of aliphatic hydroxyl groups is 2. The standard InChI is InChI=1S/C21H24O9.C6H14N4O2/c1-7-10-11(28-14(7)24)12(22)20-9-5-8(6-18(2,3)4)19(20)13(23)15(25)29-17(19)30-21(10,20)16(26)27-9;7-4(5(11)12)2-1-3-10-6(8)9/h8-9,11-13,17,22-23H,5-6H2,1-4H3;4H,1-3,7H2,(H,11,12)(H4,8,9,10)/t8-,9?,11?,12-,13?,17?,19?,20-,21?;/m1./s1. The summed E-state index contributed by atoms with van der Waals surface area (Å²) in [6.45, 7) is 8.06. The van der Waals surface area contributed by atoms with Gasteiger partial charge in [0.15, 0.2) is 18.2 Å². The van der Waals surface area contributed by atoms with Crippen LogP contribution in [0.4, 0.5) is 0 Å². The highest BCUT2D eigenvalue weighted by Gasteiger charge is 2.98. The number of carbonyl (C=O) groups excluding carboxylic acids is 3. The van der Waals surface area contributed by atoms with Crippen molar-refractivity contribution in [2.45, 2.75) is 95.7 Å². The Labute approximate surface area is 241 Å². The highest BCUT2D eigenvalue weighted by atomic mass is 16.7. The van der Waals surface area contributed by atoms with Gasteiger partial charge in [0.05, 0.1) is 10.8 Å². The molecule has 7 unspecified atom stereocenters. The molecule has 2 aliphatic carbocycles. The van der Waals surface area contributed by atoms with Crippen molar-refractivity contribution in [3.05, 3.63) is 11.1 Å². The molecule has 15 heteroatoms. The van der Waals surface area contributed by atoms with Crippen LogP contribution < -0.4 is 17.2 Å². The second kappa shape index (κ2) is 9.62. The van der Waals surface area contributed by atoms with Crippen molar-refractivity contribution in [3.63, 3.8) is 0 Å². The lowest BCUT2D eigenvalue weighted by Gasteiger charge is -2.44. The molecule has 9 N–H and O–H groups in total. The number of nitrogens with two attached hydrogens (primary N) is 3. The van der Waals surface area contributed by atoms with Gasteiger partial charge in [-0.15, -0.1) is 0 Å². The molecule has 4 aliphatic heterocycles. The Morgan fingerprint density at radius 3 is 2.40 bits per heavy atom. The Morgan fingerprint density at radius 1 is 1.14 bits per heavy atom. The highest BCUT2D eigenvalue weighted by Crippen LogP contribution is 2.82. The fraction of sp³-hybridized carbons (Fsp3) is 0.741. The van der Waals surface area contributed by atoms with Crippen LogP contribution in [-0.2, 0) is 38.1 Å². The molecule has 4 heterocycles. The predicted octanol–water partition coefficient (Wildman–Crippen LogP) is -1.58. The first-order chi connectivity index (χ1) is 19.5. The molecule has 0 aromatic rings. The number of rotatable bonds is 6. The summed E-state index contributed by atoms with van der Waals surface area (Å²) in [5.74, 6) is -3.51. The lowest BCUT2D eigenvalue weighted by Crippen LogP contribution is -2.61. The van der Waals surface area contributed by atoms with Crippen LogP contribution in [0.25, 0.3) is 0 Å². The van der Waals surface area contributed by atoms with Crippen LogP contribution in [-0.4, -0.2) is 94.0 Å². The number of hydrogen-bond donors (Lipinski definition) is 6. The summed E-state index contributed by atoms with van der Waals surface area (Å²) in [6, 6.07) is -0.820. The van der Waals surface area contributed by atoms with Crippen molar-refractivity contribution >= 4 is 29.8 Å². The monoisotopic (exact) mass is 594 g/mol. The first-order valence-corrected chi connectivity index (χ1v) is 13.9. The molecule has 6 aliphatic rings. The van der Waals surface area contributed by atoms with Crippen molar-refractivity contribution < 1.29 is 53.4 Å². The fourth-order valence-corrected chi connectivity index (χ4v) is 8.36. The second-order valence-electron chi connectivity index (χ2n) is 13.1. The number of ether oxygens (including phenoxy) is 4. The molecule has 0 aromatic carbocycles. The van der Waals surface area contributed by atoms with Crippen LogP contribution in [0.3, 0.4) is 0 Å². The van der Waals surface area contributed by atoms with E-state index in [9.17, 15) is 29.4 Å². The van der Waals surface area contributed by atoms with Crippen LogP contribution in [0.15, 0.2) is 16.1 Å². The number of carbonyl (C=O) groups is 4. The van der Waals surface area contributed by atoms with Gasteiger partial charge in [-0.2, -0.15) is 0 Å². The van der Waals surface area contributed by atoms with Gasteiger partial charge in [-0.25, -0.2) is 14.4 Å². The third kappa shape index (κ3) is 3.63. The molecule has 10 atom stereocenters. The number of nitrogens with zero attached hydrogens (tertiary/aromatic N) is 1. The summed E-state index contributed by atoms with van der Waals surface area (Å²) in [6.07, 6.45) is -4.20. The van der Waals surface area contributed by atoms with Gasteiger partial charge in [0, 0.05) is 17.7 Å². The van der Waals surface area contributed by atoms with Crippen LogP contribution in [0.1, 0.15) is 53.4 Å². The van der Waals surface area contributed by atoms with Crippen LogP contribution in [0.5, 0.6) is 0 Å². The van der Waals surface area contributed by atoms with Crippen molar-refractivity contribution in [3.8, 4) is 0 Å². The zero-order chi connectivity index (χ0) is 31.2. The number of aliphatic imine (C=N–C) groups is 1. The Balaban J connectivity index is 0.000000252. The van der Waals surface area contributed by atoms with Gasteiger partial charge < -0.3 is 51.5 Å². The maximum atomic E-state index is 13.3. The first-order valence-electron chi connectivity index (χ1n) is 13.9. The molecule has 5 fully saturated rings. The summed E-state index contributed by atoms with van der Waals surface area (Å²) >= 11 is 0. The SMILES string of the molecule is CC1=C2C(OC1=O)[C@@H](O)[C@]13C4C[C@H](CC(C)(C)C)C15C(OC(=O)C5O)OC23C(=O)O4.NC(N)=NCCCC(N)C(=O)O. The van der Waals surface area contributed by atoms with E-state index in [0.29, 0.717) is 32.2 Å². The minimum absolute atomic E-state index is 0.0129. The average Bonchev–Trinajstić information content (AvgIpc) is 3.60. The minimum atomic E-state index is -1.82. The summed E-state index contributed by atoms with van der Waals surface area (Å²) in [7, 11) is 0. The first kappa shape index (κ1) is 30.2. The maximum Gasteiger partial charge on any atom is 0.344 e. The van der Waals surface area contributed by atoms with E-state index in [1.807, 2.05) is 20.8 Å². The predicted molar refractivity (Wildman–Crippen MR) is 141 cm³/mol. The van der Waals surface area contributed by atoms with Gasteiger partial charge >= 0.3 is 23.9 Å². The number of aliphatic hydroxyl groups excluding tert-OH is 2. The zero-order valence-electron chi connectivity index (χ0n) is 23.9. The topological polar surface area (TPSA) is 256 Å². The largest absolute Gasteiger partial charge is 0.480 e. The number of guanidine groups is 1. The quantitative estimate of drug-likeness (QED) is 0.0667. The lowest BCUT2D eigenvalue weighted by molar-refractivity contribution is -0.191. The van der Waals surface area contributed by atoms with Crippen molar-refractivity contribution in [2.75, 3.05) is 6.54 Å². The fourth-order valence-electron chi connectivity index (χ4n) is 8.36. The van der Waals surface area contributed by atoms with Gasteiger partial charge in [-0.1, -0.05) is 20.8 Å².